The Morgan fingerprint density at radius 3 is 3.00 bits per heavy atom. The van der Waals surface area contributed by atoms with Crippen LogP contribution in [0.5, 0.6) is 0 Å². The maximum absolute atomic E-state index is 6.10. The zero-order valence-electron chi connectivity index (χ0n) is 8.13. The number of hydrogen-bond acceptors (Lipinski definition) is 3. The van der Waals surface area contributed by atoms with Gasteiger partial charge < -0.3 is 0 Å². The van der Waals surface area contributed by atoms with E-state index in [1.807, 2.05) is 24.3 Å². The number of rotatable bonds is 1. The van der Waals surface area contributed by atoms with Crippen molar-refractivity contribution in [2.24, 2.45) is 0 Å². The predicted octanol–water partition coefficient (Wildman–Crippen LogP) is 2.27. The number of benzene rings is 1. The minimum Gasteiger partial charge on any atom is -0.234 e. The Kier molecular flexibility index (Phi) is 2.08. The molecule has 16 heavy (non-hydrogen) atoms. The molecule has 0 aliphatic heterocycles. The van der Waals surface area contributed by atoms with E-state index in [4.69, 9.17) is 11.6 Å². The van der Waals surface area contributed by atoms with Crippen LogP contribution in [0.1, 0.15) is 0 Å². The van der Waals surface area contributed by atoms with Gasteiger partial charge in [-0.05, 0) is 12.1 Å². The molecule has 0 aliphatic carbocycles. The molecule has 2 aromatic heterocycles. The molecule has 0 saturated carbocycles. The zero-order chi connectivity index (χ0) is 11.0. The van der Waals surface area contributed by atoms with Gasteiger partial charge in [-0.15, -0.1) is 0 Å². The lowest BCUT2D eigenvalue weighted by Crippen LogP contribution is -1.98. The first-order chi connectivity index (χ1) is 7.86. The van der Waals surface area contributed by atoms with E-state index >= 15 is 0 Å². The van der Waals surface area contributed by atoms with Crippen molar-refractivity contribution in [1.82, 2.24) is 19.7 Å². The average Bonchev–Trinajstić information content (AvgIpc) is 2.74. The van der Waals surface area contributed by atoms with Crippen LogP contribution in [-0.2, 0) is 0 Å². The van der Waals surface area contributed by atoms with Gasteiger partial charge in [0, 0.05) is 0 Å². The quantitative estimate of drug-likeness (QED) is 0.643. The number of nitrogens with zero attached hydrogens (tertiary/aromatic N) is 4. The summed E-state index contributed by atoms with van der Waals surface area (Å²) in [4.78, 5) is 7.98. The van der Waals surface area contributed by atoms with Crippen LogP contribution in [0.3, 0.4) is 0 Å². The average molecular weight is 230 g/mol. The van der Waals surface area contributed by atoms with E-state index in [0.29, 0.717) is 10.7 Å². The molecule has 1 radical (unpaired) electrons. The van der Waals surface area contributed by atoms with Crippen LogP contribution < -0.4 is 0 Å². The molecule has 4 nitrogen and oxygen atoms in total. The first-order valence-corrected chi connectivity index (χ1v) is 5.05. The van der Waals surface area contributed by atoms with E-state index in [1.54, 1.807) is 10.9 Å². The second-order valence-corrected chi connectivity index (χ2v) is 3.64. The fourth-order valence-electron chi connectivity index (χ4n) is 1.53. The third-order valence-electron chi connectivity index (χ3n) is 2.25. The summed E-state index contributed by atoms with van der Waals surface area (Å²) in [6.07, 6.45) is 5.93. The lowest BCUT2D eigenvalue weighted by Gasteiger charge is -2.03. The third-order valence-corrected chi connectivity index (χ3v) is 2.57. The first-order valence-electron chi connectivity index (χ1n) is 4.67. The molecule has 0 atom stereocenters. The molecule has 77 valence electrons. The second-order valence-electron chi connectivity index (χ2n) is 3.23. The maximum Gasteiger partial charge on any atom is 0.166 e. The summed E-state index contributed by atoms with van der Waals surface area (Å²) in [5.74, 6) is 0. The molecule has 0 aliphatic rings. The van der Waals surface area contributed by atoms with Crippen molar-refractivity contribution in [1.29, 1.82) is 0 Å². The molecule has 0 unspecified atom stereocenters. The Labute approximate surface area is 96.5 Å². The highest BCUT2D eigenvalue weighted by Gasteiger charge is 2.08. The summed E-state index contributed by atoms with van der Waals surface area (Å²) in [7, 11) is 0. The van der Waals surface area contributed by atoms with E-state index in [0.717, 1.165) is 11.1 Å². The van der Waals surface area contributed by atoms with E-state index in [2.05, 4.69) is 21.3 Å². The summed E-state index contributed by atoms with van der Waals surface area (Å²) in [5.41, 5.74) is 1.49. The van der Waals surface area contributed by atoms with Gasteiger partial charge in [0.1, 0.15) is 12.5 Å². The molecule has 3 rings (SSSR count). The number of fused-ring (bicyclic) bond motifs is 1. The van der Waals surface area contributed by atoms with Crippen LogP contribution in [0, 0.1) is 6.20 Å². The molecule has 0 bridgehead atoms. The molecule has 0 fully saturated rings. The normalized spacial score (nSPS) is 10.8. The standard InChI is InChI=1S/C11H6ClN4/c12-9-3-1-2-4-10(9)16-11-8(6-15-16)5-13-7-14-11/h1-4,6-7H. The summed E-state index contributed by atoms with van der Waals surface area (Å²) in [6.45, 7) is 0. The lowest BCUT2D eigenvalue weighted by molar-refractivity contribution is 0.895. The number of aromatic nitrogens is 4. The maximum atomic E-state index is 6.10. The third kappa shape index (κ3) is 1.35. The molecule has 0 saturated heterocycles. The van der Waals surface area contributed by atoms with Gasteiger partial charge >= 0.3 is 0 Å². The van der Waals surface area contributed by atoms with E-state index in [-0.39, 0.29) is 0 Å². The van der Waals surface area contributed by atoms with Gasteiger partial charge in [-0.1, -0.05) is 23.7 Å². The first kappa shape index (κ1) is 9.30. The van der Waals surface area contributed by atoms with Crippen molar-refractivity contribution >= 4 is 22.6 Å². The van der Waals surface area contributed by atoms with Gasteiger partial charge in [-0.3, -0.25) is 0 Å². The zero-order valence-corrected chi connectivity index (χ0v) is 8.89. The summed E-state index contributed by atoms with van der Waals surface area (Å²) >= 11 is 6.10. The van der Waals surface area contributed by atoms with Crippen LogP contribution in [0.4, 0.5) is 0 Å². The molecule has 5 heteroatoms. The highest BCUT2D eigenvalue weighted by Crippen LogP contribution is 2.21. The topological polar surface area (TPSA) is 43.6 Å². The van der Waals surface area contributed by atoms with E-state index < -0.39 is 0 Å². The fourth-order valence-corrected chi connectivity index (χ4v) is 1.74. The summed E-state index contributed by atoms with van der Waals surface area (Å²) in [6, 6.07) is 7.48. The highest BCUT2D eigenvalue weighted by atomic mass is 35.5. The van der Waals surface area contributed by atoms with Gasteiger partial charge in [0.2, 0.25) is 0 Å². The smallest absolute Gasteiger partial charge is 0.166 e. The molecule has 1 aromatic carbocycles. The van der Waals surface area contributed by atoms with Gasteiger partial charge in [0.25, 0.3) is 0 Å². The Morgan fingerprint density at radius 1 is 1.25 bits per heavy atom. The second kappa shape index (κ2) is 3.57. The van der Waals surface area contributed by atoms with Gasteiger partial charge in [-0.25, -0.2) is 14.6 Å². The number of hydrogen-bond donors (Lipinski definition) is 0. The van der Waals surface area contributed by atoms with Crippen molar-refractivity contribution in [3.63, 3.8) is 0 Å². The molecule has 0 amide bonds. The van der Waals surface area contributed by atoms with Gasteiger partial charge in [-0.2, -0.15) is 5.10 Å². The Bertz CT molecular complexity index is 647. The molecular formula is C11H6ClN4. The molecule has 3 aromatic rings. The van der Waals surface area contributed by atoms with Crippen LogP contribution in [-0.4, -0.2) is 19.7 Å². The predicted molar refractivity (Wildman–Crippen MR) is 60.5 cm³/mol. The van der Waals surface area contributed by atoms with Crippen molar-refractivity contribution in [2.45, 2.75) is 0 Å². The highest BCUT2D eigenvalue weighted by molar-refractivity contribution is 6.32. The molecule has 0 spiro atoms. The minimum atomic E-state index is 0.631. The van der Waals surface area contributed by atoms with Crippen LogP contribution in [0.2, 0.25) is 5.02 Å². The Hall–Kier alpha value is -1.94. The Balaban J connectivity index is 2.31. The van der Waals surface area contributed by atoms with Crippen LogP contribution >= 0.6 is 11.6 Å². The largest absolute Gasteiger partial charge is 0.234 e. The minimum absolute atomic E-state index is 0.631. The lowest BCUT2D eigenvalue weighted by atomic mass is 10.3. The monoisotopic (exact) mass is 229 g/mol. The molecule has 2 heterocycles. The number of para-hydroxylation sites is 1. The summed E-state index contributed by atoms with van der Waals surface area (Å²) < 4.78 is 1.68. The van der Waals surface area contributed by atoms with Crippen molar-refractivity contribution in [2.75, 3.05) is 0 Å². The summed E-state index contributed by atoms with van der Waals surface area (Å²) in [5, 5.41) is 5.62. The van der Waals surface area contributed by atoms with Crippen molar-refractivity contribution in [3.05, 3.63) is 48.0 Å². The van der Waals surface area contributed by atoms with Gasteiger partial charge in [0.05, 0.1) is 22.3 Å². The van der Waals surface area contributed by atoms with Crippen molar-refractivity contribution in [3.8, 4) is 5.69 Å². The van der Waals surface area contributed by atoms with Crippen LogP contribution in [0.15, 0.2) is 36.8 Å². The van der Waals surface area contributed by atoms with E-state index in [1.165, 1.54) is 6.33 Å². The van der Waals surface area contributed by atoms with E-state index in [9.17, 15) is 0 Å². The fraction of sp³-hybridized carbons (Fsp3) is 0. The van der Waals surface area contributed by atoms with Gasteiger partial charge in [0.15, 0.2) is 5.65 Å². The number of halogens is 1. The molecule has 0 N–H and O–H groups in total. The van der Waals surface area contributed by atoms with Crippen molar-refractivity contribution < 1.29 is 0 Å². The Morgan fingerprint density at radius 2 is 2.12 bits per heavy atom. The van der Waals surface area contributed by atoms with Crippen LogP contribution in [0.25, 0.3) is 16.7 Å². The molecular weight excluding hydrogens is 224 g/mol. The SMILES string of the molecule is Clc1ccccc1-n1ncc2[c]ncnc21.